The van der Waals surface area contributed by atoms with Crippen molar-refractivity contribution in [1.29, 1.82) is 0 Å². The first-order valence-electron chi connectivity index (χ1n) is 8.70. The summed E-state index contributed by atoms with van der Waals surface area (Å²) >= 11 is 0. The number of hydrogen-bond acceptors (Lipinski definition) is 4. The standard InChI is InChI=1S/C18H31O4P/c1-4-6-8-9-10-15-21-23(19,16-7-5-2)22-18-13-11-17(20-3)12-14-18/h11-14H,4-10,15-16H2,1-3H3. The van der Waals surface area contributed by atoms with Crippen molar-refractivity contribution >= 4 is 7.60 Å². The number of hydrogen-bond donors (Lipinski definition) is 0. The third kappa shape index (κ3) is 8.43. The molecule has 1 atom stereocenters. The molecule has 0 aromatic heterocycles. The number of ether oxygens (including phenoxy) is 1. The van der Waals surface area contributed by atoms with Crippen molar-refractivity contribution in [2.45, 2.75) is 58.8 Å². The van der Waals surface area contributed by atoms with Crippen molar-refractivity contribution in [1.82, 2.24) is 0 Å². The lowest BCUT2D eigenvalue weighted by Crippen LogP contribution is -2.04. The molecular weight excluding hydrogens is 311 g/mol. The van der Waals surface area contributed by atoms with Crippen LogP contribution in [-0.2, 0) is 9.09 Å². The Morgan fingerprint density at radius 2 is 1.48 bits per heavy atom. The third-order valence-electron chi connectivity index (χ3n) is 3.63. The van der Waals surface area contributed by atoms with Gasteiger partial charge in [-0.3, -0.25) is 4.52 Å². The fraction of sp³-hybridized carbons (Fsp3) is 0.667. The summed E-state index contributed by atoms with van der Waals surface area (Å²) in [6, 6.07) is 7.12. The first kappa shape index (κ1) is 20.1. The summed E-state index contributed by atoms with van der Waals surface area (Å²) in [7, 11) is -1.46. The summed E-state index contributed by atoms with van der Waals surface area (Å²) in [6.45, 7) is 4.77. The van der Waals surface area contributed by atoms with Crippen LogP contribution in [0.1, 0.15) is 58.8 Å². The van der Waals surface area contributed by atoms with Gasteiger partial charge in [0.05, 0.1) is 19.9 Å². The molecule has 1 unspecified atom stereocenters. The minimum absolute atomic E-state index is 0.463. The molecule has 0 amide bonds. The first-order chi connectivity index (χ1) is 11.1. The SMILES string of the molecule is CCCCCCCOP(=O)(CCCC)Oc1ccc(OC)cc1. The second-order valence-electron chi connectivity index (χ2n) is 5.70. The quantitative estimate of drug-likeness (QED) is 0.323. The van der Waals surface area contributed by atoms with Gasteiger partial charge in [0.1, 0.15) is 11.5 Å². The molecule has 0 bridgehead atoms. The normalized spacial score (nSPS) is 13.5. The zero-order valence-electron chi connectivity index (χ0n) is 14.8. The molecule has 0 aliphatic heterocycles. The molecule has 0 heterocycles. The molecule has 1 aromatic rings. The third-order valence-corrected chi connectivity index (χ3v) is 5.55. The zero-order chi connectivity index (χ0) is 17.0. The summed E-state index contributed by atoms with van der Waals surface area (Å²) in [4.78, 5) is 0. The van der Waals surface area contributed by atoms with Crippen LogP contribution in [0.2, 0.25) is 0 Å². The van der Waals surface area contributed by atoms with Crippen molar-refractivity contribution in [2.75, 3.05) is 19.9 Å². The molecule has 132 valence electrons. The molecule has 0 saturated carbocycles. The lowest BCUT2D eigenvalue weighted by molar-refractivity contribution is 0.257. The molecule has 1 aromatic carbocycles. The lowest BCUT2D eigenvalue weighted by Gasteiger charge is -2.19. The van der Waals surface area contributed by atoms with Gasteiger partial charge in [0.2, 0.25) is 0 Å². The van der Waals surface area contributed by atoms with E-state index < -0.39 is 7.60 Å². The number of benzene rings is 1. The predicted molar refractivity (Wildman–Crippen MR) is 95.7 cm³/mol. The monoisotopic (exact) mass is 342 g/mol. The van der Waals surface area contributed by atoms with Gasteiger partial charge < -0.3 is 9.26 Å². The summed E-state index contributed by atoms with van der Waals surface area (Å²) in [5.41, 5.74) is 0. The maximum absolute atomic E-state index is 12.9. The van der Waals surface area contributed by atoms with Crippen molar-refractivity contribution in [3.05, 3.63) is 24.3 Å². The van der Waals surface area contributed by atoms with Crippen LogP contribution >= 0.6 is 7.60 Å². The largest absolute Gasteiger partial charge is 0.497 e. The van der Waals surface area contributed by atoms with E-state index in [1.807, 2.05) is 0 Å². The maximum atomic E-state index is 12.9. The lowest BCUT2D eigenvalue weighted by atomic mass is 10.2. The highest BCUT2D eigenvalue weighted by atomic mass is 31.2. The minimum atomic E-state index is -3.08. The summed E-state index contributed by atoms with van der Waals surface area (Å²) in [6.07, 6.45) is 7.99. The number of unbranched alkanes of at least 4 members (excludes halogenated alkanes) is 5. The number of rotatable bonds is 13. The Labute approximate surface area is 141 Å². The molecular formula is C18H31O4P. The van der Waals surface area contributed by atoms with Gasteiger partial charge in [0.15, 0.2) is 0 Å². The average molecular weight is 342 g/mol. The topological polar surface area (TPSA) is 44.8 Å². The Morgan fingerprint density at radius 1 is 0.870 bits per heavy atom. The van der Waals surface area contributed by atoms with Crippen molar-refractivity contribution in [3.8, 4) is 11.5 Å². The summed E-state index contributed by atoms with van der Waals surface area (Å²) < 4.78 is 29.4. The van der Waals surface area contributed by atoms with Crippen LogP contribution in [0.15, 0.2) is 24.3 Å². The van der Waals surface area contributed by atoms with Gasteiger partial charge >= 0.3 is 7.60 Å². The molecule has 0 fully saturated rings. The molecule has 4 nitrogen and oxygen atoms in total. The van der Waals surface area contributed by atoms with Crippen molar-refractivity contribution in [3.63, 3.8) is 0 Å². The molecule has 23 heavy (non-hydrogen) atoms. The number of methoxy groups -OCH3 is 1. The summed E-state index contributed by atoms with van der Waals surface area (Å²) in [5, 5.41) is 0. The van der Waals surface area contributed by atoms with E-state index in [9.17, 15) is 4.57 Å². The Balaban J connectivity index is 2.52. The molecule has 5 heteroatoms. The molecule has 0 spiro atoms. The molecule has 0 aliphatic carbocycles. The average Bonchev–Trinajstić information content (AvgIpc) is 2.57. The summed E-state index contributed by atoms with van der Waals surface area (Å²) in [5.74, 6) is 1.31. The van der Waals surface area contributed by atoms with Crippen LogP contribution in [-0.4, -0.2) is 19.9 Å². The van der Waals surface area contributed by atoms with E-state index >= 15 is 0 Å². The van der Waals surface area contributed by atoms with Crippen LogP contribution in [0.3, 0.4) is 0 Å². The van der Waals surface area contributed by atoms with Crippen molar-refractivity contribution < 1.29 is 18.3 Å². The van der Waals surface area contributed by atoms with Gasteiger partial charge in [0, 0.05) is 0 Å². The van der Waals surface area contributed by atoms with Gasteiger partial charge in [-0.25, -0.2) is 4.57 Å². The van der Waals surface area contributed by atoms with Gasteiger partial charge in [-0.05, 0) is 37.1 Å². The Kier molecular flexibility index (Phi) is 10.1. The van der Waals surface area contributed by atoms with E-state index in [1.165, 1.54) is 19.3 Å². The van der Waals surface area contributed by atoms with Gasteiger partial charge in [-0.1, -0.05) is 46.0 Å². The molecule has 1 rings (SSSR count). The predicted octanol–water partition coefficient (Wildman–Crippen LogP) is 6.05. The van der Waals surface area contributed by atoms with Crippen LogP contribution in [0.4, 0.5) is 0 Å². The maximum Gasteiger partial charge on any atom is 0.379 e. The zero-order valence-corrected chi connectivity index (χ0v) is 15.6. The molecule has 0 N–H and O–H groups in total. The van der Waals surface area contributed by atoms with Gasteiger partial charge in [0.25, 0.3) is 0 Å². The highest BCUT2D eigenvalue weighted by molar-refractivity contribution is 7.54. The van der Waals surface area contributed by atoms with E-state index in [0.29, 0.717) is 18.5 Å². The van der Waals surface area contributed by atoms with E-state index in [2.05, 4.69) is 13.8 Å². The second-order valence-corrected chi connectivity index (χ2v) is 7.81. The van der Waals surface area contributed by atoms with E-state index in [-0.39, 0.29) is 0 Å². The van der Waals surface area contributed by atoms with Crippen LogP contribution in [0, 0.1) is 0 Å². The Morgan fingerprint density at radius 3 is 2.09 bits per heavy atom. The highest BCUT2D eigenvalue weighted by Gasteiger charge is 2.25. The van der Waals surface area contributed by atoms with Crippen molar-refractivity contribution in [2.24, 2.45) is 0 Å². The van der Waals surface area contributed by atoms with Gasteiger partial charge in [-0.15, -0.1) is 0 Å². The molecule has 0 saturated heterocycles. The van der Waals surface area contributed by atoms with E-state index in [1.54, 1.807) is 31.4 Å². The Hall–Kier alpha value is -0.990. The van der Waals surface area contributed by atoms with Gasteiger partial charge in [-0.2, -0.15) is 0 Å². The van der Waals surface area contributed by atoms with Crippen LogP contribution in [0.25, 0.3) is 0 Å². The van der Waals surface area contributed by atoms with E-state index in [0.717, 1.165) is 31.4 Å². The second kappa shape index (κ2) is 11.5. The van der Waals surface area contributed by atoms with Crippen LogP contribution < -0.4 is 9.26 Å². The molecule has 0 radical (unpaired) electrons. The van der Waals surface area contributed by atoms with Crippen LogP contribution in [0.5, 0.6) is 11.5 Å². The Bertz CT molecular complexity index is 459. The van der Waals surface area contributed by atoms with E-state index in [4.69, 9.17) is 13.8 Å². The smallest absolute Gasteiger partial charge is 0.379 e. The highest BCUT2D eigenvalue weighted by Crippen LogP contribution is 2.49. The molecule has 0 aliphatic rings. The fourth-order valence-electron chi connectivity index (χ4n) is 2.19. The minimum Gasteiger partial charge on any atom is -0.497 e. The first-order valence-corrected chi connectivity index (χ1v) is 10.4. The fourth-order valence-corrected chi connectivity index (χ4v) is 4.02.